The fourth-order valence-electron chi connectivity index (χ4n) is 2.08. The maximum absolute atomic E-state index is 12.2. The zero-order valence-electron chi connectivity index (χ0n) is 12.4. The molecule has 1 amide bonds. The zero-order chi connectivity index (χ0) is 18.0. The van der Waals surface area contributed by atoms with E-state index in [0.717, 1.165) is 10.2 Å². The second-order valence-corrected chi connectivity index (χ2v) is 6.69. The Morgan fingerprint density at radius 3 is 2.80 bits per heavy atom. The van der Waals surface area contributed by atoms with Crippen LogP contribution in [0.25, 0.3) is 10.2 Å². The third-order valence-electron chi connectivity index (χ3n) is 3.14. The van der Waals surface area contributed by atoms with Crippen molar-refractivity contribution in [1.82, 2.24) is 10.3 Å². The quantitative estimate of drug-likeness (QED) is 0.397. The Bertz CT molecular complexity index is 1010. The first-order valence-corrected chi connectivity index (χ1v) is 8.46. The molecule has 0 radical (unpaired) electrons. The normalized spacial score (nSPS) is 10.4. The molecule has 2 aromatic carbocycles. The number of hydrogen-bond acceptors (Lipinski definition) is 6. The lowest BCUT2D eigenvalue weighted by Crippen LogP contribution is -2.34. The van der Waals surface area contributed by atoms with Gasteiger partial charge in [0, 0.05) is 11.1 Å². The Kier molecular flexibility index (Phi) is 4.88. The zero-order valence-corrected chi connectivity index (χ0v) is 14.7. The predicted molar refractivity (Wildman–Crippen MR) is 101 cm³/mol. The molecule has 7 nitrogen and oxygen atoms in total. The molecule has 0 saturated carbocycles. The molecule has 0 bridgehead atoms. The van der Waals surface area contributed by atoms with Gasteiger partial charge in [0.15, 0.2) is 10.2 Å². The molecule has 3 rings (SSSR count). The fourth-order valence-corrected chi connectivity index (χ4v) is 3.48. The minimum absolute atomic E-state index is 0.00620. The number of benzene rings is 2. The van der Waals surface area contributed by atoms with Gasteiger partial charge in [-0.25, -0.2) is 4.98 Å². The third kappa shape index (κ3) is 3.90. The maximum atomic E-state index is 12.2. The number of carbonyl (C=O) groups is 1. The molecule has 126 valence electrons. The van der Waals surface area contributed by atoms with Crippen LogP contribution in [0.3, 0.4) is 0 Å². The summed E-state index contributed by atoms with van der Waals surface area (Å²) in [5.41, 5.74) is 0.370. The van der Waals surface area contributed by atoms with E-state index >= 15 is 0 Å². The van der Waals surface area contributed by atoms with Gasteiger partial charge in [0.1, 0.15) is 5.56 Å². The number of nitro benzene ring substituents is 1. The monoisotopic (exact) mass is 392 g/mol. The number of fused-ring (bicyclic) bond motifs is 1. The number of thiazole rings is 1. The summed E-state index contributed by atoms with van der Waals surface area (Å²) in [5, 5.41) is 17.3. The molecule has 3 aromatic rings. The molecular weight excluding hydrogens is 384 g/mol. The number of thiocarbonyl (C=S) groups is 1. The van der Waals surface area contributed by atoms with Crippen LogP contribution < -0.4 is 10.6 Å². The third-order valence-corrected chi connectivity index (χ3v) is 4.52. The smallest absolute Gasteiger partial charge is 0.282 e. The second kappa shape index (κ2) is 7.09. The number of nitro groups is 1. The molecule has 0 aliphatic rings. The van der Waals surface area contributed by atoms with Crippen molar-refractivity contribution >= 4 is 67.2 Å². The van der Waals surface area contributed by atoms with Crippen molar-refractivity contribution in [2.75, 3.05) is 5.32 Å². The molecule has 1 heterocycles. The van der Waals surface area contributed by atoms with Gasteiger partial charge in [-0.15, -0.1) is 0 Å². The number of halogens is 1. The standard InChI is InChI=1S/C15H9ClN4O3S2/c16-8-5-6-10-12(7-8)25-15(17-10)19-14(24)18-13(21)9-3-1-2-4-11(9)20(22)23/h1-7H,(H2,17,18,19,21,24). The first kappa shape index (κ1) is 17.2. The number of anilines is 1. The van der Waals surface area contributed by atoms with Gasteiger partial charge in [0.25, 0.3) is 11.6 Å². The number of hydrogen-bond donors (Lipinski definition) is 2. The van der Waals surface area contributed by atoms with E-state index in [1.807, 2.05) is 0 Å². The highest BCUT2D eigenvalue weighted by molar-refractivity contribution is 7.80. The fraction of sp³-hybridized carbons (Fsp3) is 0. The molecule has 0 aliphatic carbocycles. The maximum Gasteiger partial charge on any atom is 0.282 e. The SMILES string of the molecule is O=C(NC(=S)Nc1nc2ccc(Cl)cc2s1)c1ccccc1[N+](=O)[O-]. The molecule has 0 fully saturated rings. The van der Waals surface area contributed by atoms with E-state index in [9.17, 15) is 14.9 Å². The minimum Gasteiger partial charge on any atom is -0.308 e. The van der Waals surface area contributed by atoms with E-state index in [1.54, 1.807) is 18.2 Å². The molecule has 0 atom stereocenters. The number of para-hydroxylation sites is 1. The topological polar surface area (TPSA) is 97.2 Å². The highest BCUT2D eigenvalue weighted by Gasteiger charge is 2.20. The molecule has 0 saturated heterocycles. The van der Waals surface area contributed by atoms with Crippen LogP contribution in [0.1, 0.15) is 10.4 Å². The van der Waals surface area contributed by atoms with E-state index in [0.29, 0.717) is 10.2 Å². The van der Waals surface area contributed by atoms with E-state index < -0.39 is 10.8 Å². The van der Waals surface area contributed by atoms with Crippen molar-refractivity contribution in [2.45, 2.75) is 0 Å². The summed E-state index contributed by atoms with van der Waals surface area (Å²) in [6.45, 7) is 0. The Hall–Kier alpha value is -2.62. The number of amides is 1. The first-order valence-electron chi connectivity index (χ1n) is 6.86. The average molecular weight is 393 g/mol. The highest BCUT2D eigenvalue weighted by atomic mass is 35.5. The molecular formula is C15H9ClN4O3S2. The van der Waals surface area contributed by atoms with Gasteiger partial charge < -0.3 is 5.32 Å². The molecule has 10 heteroatoms. The predicted octanol–water partition coefficient (Wildman–Crippen LogP) is 3.98. The van der Waals surface area contributed by atoms with Crippen LogP contribution in [0.4, 0.5) is 10.8 Å². The van der Waals surface area contributed by atoms with Crippen molar-refractivity contribution < 1.29 is 9.72 Å². The number of nitrogens with zero attached hydrogens (tertiary/aromatic N) is 2. The van der Waals surface area contributed by atoms with E-state index in [2.05, 4.69) is 15.6 Å². The number of nitrogens with one attached hydrogen (secondary N) is 2. The summed E-state index contributed by atoms with van der Waals surface area (Å²) >= 11 is 12.3. The van der Waals surface area contributed by atoms with Crippen LogP contribution in [0.5, 0.6) is 0 Å². The summed E-state index contributed by atoms with van der Waals surface area (Å²) in [6, 6.07) is 10.9. The van der Waals surface area contributed by atoms with Crippen LogP contribution in [-0.4, -0.2) is 20.9 Å². The van der Waals surface area contributed by atoms with Gasteiger partial charge in [0.2, 0.25) is 0 Å². The molecule has 0 spiro atoms. The summed E-state index contributed by atoms with van der Waals surface area (Å²) < 4.78 is 0.864. The minimum atomic E-state index is -0.672. The van der Waals surface area contributed by atoms with E-state index in [1.165, 1.54) is 35.6 Å². The van der Waals surface area contributed by atoms with Crippen LogP contribution in [-0.2, 0) is 0 Å². The van der Waals surface area contributed by atoms with E-state index in [-0.39, 0.29) is 16.4 Å². The molecule has 1 aromatic heterocycles. The summed E-state index contributed by atoms with van der Waals surface area (Å²) in [7, 11) is 0. The first-order chi connectivity index (χ1) is 11.9. The average Bonchev–Trinajstić information content (AvgIpc) is 2.95. The van der Waals surface area contributed by atoms with Crippen molar-refractivity contribution in [3.05, 3.63) is 63.2 Å². The Morgan fingerprint density at radius 2 is 2.04 bits per heavy atom. The molecule has 0 unspecified atom stereocenters. The Morgan fingerprint density at radius 1 is 1.28 bits per heavy atom. The number of rotatable bonds is 3. The van der Waals surface area contributed by atoms with Gasteiger partial charge in [-0.1, -0.05) is 35.1 Å². The number of carbonyl (C=O) groups excluding carboxylic acids is 1. The van der Waals surface area contributed by atoms with Crippen LogP contribution >= 0.6 is 35.2 Å². The van der Waals surface area contributed by atoms with Gasteiger partial charge in [-0.05, 0) is 36.5 Å². The van der Waals surface area contributed by atoms with Gasteiger partial charge in [0.05, 0.1) is 15.1 Å². The van der Waals surface area contributed by atoms with Crippen LogP contribution in [0, 0.1) is 10.1 Å². The second-order valence-electron chi connectivity index (χ2n) is 4.81. The van der Waals surface area contributed by atoms with Crippen LogP contribution in [0.15, 0.2) is 42.5 Å². The molecule has 0 aliphatic heterocycles. The number of aromatic nitrogens is 1. The van der Waals surface area contributed by atoms with Crippen LogP contribution in [0.2, 0.25) is 5.02 Å². The summed E-state index contributed by atoms with van der Waals surface area (Å²) in [6.07, 6.45) is 0. The van der Waals surface area contributed by atoms with Gasteiger partial charge >= 0.3 is 0 Å². The Balaban J connectivity index is 1.73. The van der Waals surface area contributed by atoms with Gasteiger partial charge in [-0.3, -0.25) is 20.2 Å². The Labute approximate surface area is 155 Å². The largest absolute Gasteiger partial charge is 0.308 e. The van der Waals surface area contributed by atoms with Crippen molar-refractivity contribution in [1.29, 1.82) is 0 Å². The highest BCUT2D eigenvalue weighted by Crippen LogP contribution is 2.28. The molecule has 25 heavy (non-hydrogen) atoms. The van der Waals surface area contributed by atoms with Gasteiger partial charge in [-0.2, -0.15) is 0 Å². The lowest BCUT2D eigenvalue weighted by molar-refractivity contribution is -0.385. The molecule has 2 N–H and O–H groups in total. The van der Waals surface area contributed by atoms with Crippen molar-refractivity contribution in [2.24, 2.45) is 0 Å². The lowest BCUT2D eigenvalue weighted by atomic mass is 10.1. The summed E-state index contributed by atoms with van der Waals surface area (Å²) in [5.74, 6) is -0.672. The van der Waals surface area contributed by atoms with Crippen molar-refractivity contribution in [3.8, 4) is 0 Å². The van der Waals surface area contributed by atoms with E-state index in [4.69, 9.17) is 23.8 Å². The lowest BCUT2D eigenvalue weighted by Gasteiger charge is -2.07. The van der Waals surface area contributed by atoms with Crippen molar-refractivity contribution in [3.63, 3.8) is 0 Å². The summed E-state index contributed by atoms with van der Waals surface area (Å²) in [4.78, 5) is 26.9.